The quantitative estimate of drug-likeness (QED) is 0.718. The Balaban J connectivity index is 1.91. The molecule has 0 bridgehead atoms. The third kappa shape index (κ3) is 2.14. The molecular formula is C20H16O3S. The molecule has 3 aromatic rings. The maximum atomic E-state index is 13.3. The van der Waals surface area contributed by atoms with E-state index in [0.29, 0.717) is 10.6 Å². The predicted octanol–water partition coefficient (Wildman–Crippen LogP) is 4.24. The van der Waals surface area contributed by atoms with Gasteiger partial charge < -0.3 is 4.74 Å². The molecule has 0 saturated carbocycles. The lowest BCUT2D eigenvalue weighted by atomic mass is 10.1. The average molecular weight is 336 g/mol. The third-order valence-corrected chi connectivity index (χ3v) is 6.53. The first-order valence-electron chi connectivity index (χ1n) is 7.69. The Bertz CT molecular complexity index is 960. The summed E-state index contributed by atoms with van der Waals surface area (Å²) in [7, 11) is -1.98. The predicted molar refractivity (Wildman–Crippen MR) is 93.9 cm³/mol. The van der Waals surface area contributed by atoms with Gasteiger partial charge in [-0.15, -0.1) is 0 Å². The number of hydrogen-bond acceptors (Lipinski definition) is 3. The van der Waals surface area contributed by atoms with E-state index < -0.39 is 15.1 Å². The summed E-state index contributed by atoms with van der Waals surface area (Å²) in [4.78, 5) is 0.305. The van der Waals surface area contributed by atoms with Crippen molar-refractivity contribution in [1.82, 2.24) is 0 Å². The highest BCUT2D eigenvalue weighted by Crippen LogP contribution is 2.48. The summed E-state index contributed by atoms with van der Waals surface area (Å²) in [6.45, 7) is 0. The zero-order chi connectivity index (χ0) is 16.7. The van der Waals surface area contributed by atoms with Crippen LogP contribution < -0.4 is 4.74 Å². The monoisotopic (exact) mass is 336 g/mol. The molecule has 0 saturated heterocycles. The summed E-state index contributed by atoms with van der Waals surface area (Å²) in [5.41, 5.74) is 3.68. The second-order valence-electron chi connectivity index (χ2n) is 5.78. The van der Waals surface area contributed by atoms with Gasteiger partial charge in [-0.25, -0.2) is 8.42 Å². The van der Waals surface area contributed by atoms with E-state index >= 15 is 0 Å². The van der Waals surface area contributed by atoms with E-state index in [1.54, 1.807) is 31.4 Å². The van der Waals surface area contributed by atoms with Crippen LogP contribution in [-0.4, -0.2) is 15.5 Å². The van der Waals surface area contributed by atoms with E-state index in [4.69, 9.17) is 4.74 Å². The van der Waals surface area contributed by atoms with Gasteiger partial charge in [-0.2, -0.15) is 0 Å². The highest BCUT2D eigenvalue weighted by atomic mass is 32.2. The topological polar surface area (TPSA) is 43.4 Å². The van der Waals surface area contributed by atoms with Crippen molar-refractivity contribution in [2.45, 2.75) is 10.1 Å². The van der Waals surface area contributed by atoms with Crippen molar-refractivity contribution >= 4 is 9.84 Å². The van der Waals surface area contributed by atoms with Crippen molar-refractivity contribution in [1.29, 1.82) is 0 Å². The number of fused-ring (bicyclic) bond motifs is 3. The molecule has 0 fully saturated rings. The number of rotatable bonds is 3. The van der Waals surface area contributed by atoms with Crippen LogP contribution in [0.4, 0.5) is 0 Å². The summed E-state index contributed by atoms with van der Waals surface area (Å²) < 4.78 is 31.8. The Kier molecular flexibility index (Phi) is 3.43. The lowest BCUT2D eigenvalue weighted by Gasteiger charge is -2.15. The van der Waals surface area contributed by atoms with E-state index in [2.05, 4.69) is 0 Å². The van der Waals surface area contributed by atoms with Crippen LogP contribution in [0.25, 0.3) is 11.1 Å². The van der Waals surface area contributed by atoms with Crippen LogP contribution in [-0.2, 0) is 9.84 Å². The molecular weight excluding hydrogens is 320 g/mol. The van der Waals surface area contributed by atoms with Gasteiger partial charge >= 0.3 is 0 Å². The minimum absolute atomic E-state index is 0.305. The Morgan fingerprint density at radius 3 is 1.75 bits per heavy atom. The van der Waals surface area contributed by atoms with Gasteiger partial charge in [0.1, 0.15) is 11.0 Å². The van der Waals surface area contributed by atoms with Gasteiger partial charge in [-0.05, 0) is 46.5 Å². The molecule has 1 aliphatic carbocycles. The highest BCUT2D eigenvalue weighted by molar-refractivity contribution is 7.92. The fourth-order valence-corrected chi connectivity index (χ4v) is 5.21. The smallest absolute Gasteiger partial charge is 0.189 e. The number of benzene rings is 3. The summed E-state index contributed by atoms with van der Waals surface area (Å²) in [5.74, 6) is 0.640. The maximum absolute atomic E-state index is 13.3. The molecule has 3 aromatic carbocycles. The van der Waals surface area contributed by atoms with Gasteiger partial charge in [0.05, 0.1) is 12.0 Å². The molecule has 120 valence electrons. The molecule has 4 heteroatoms. The normalized spacial score (nSPS) is 13.4. The van der Waals surface area contributed by atoms with Crippen LogP contribution >= 0.6 is 0 Å². The second-order valence-corrected chi connectivity index (χ2v) is 7.81. The lowest BCUT2D eigenvalue weighted by Crippen LogP contribution is -2.13. The molecule has 24 heavy (non-hydrogen) atoms. The summed E-state index contributed by atoms with van der Waals surface area (Å²) in [5, 5.41) is -0.668. The van der Waals surface area contributed by atoms with Crippen LogP contribution in [0, 0.1) is 0 Å². The lowest BCUT2D eigenvalue weighted by molar-refractivity contribution is 0.414. The maximum Gasteiger partial charge on any atom is 0.189 e. The molecule has 0 atom stereocenters. The Morgan fingerprint density at radius 2 is 1.25 bits per heavy atom. The number of sulfone groups is 1. The second kappa shape index (κ2) is 5.49. The molecule has 0 spiro atoms. The molecule has 0 aliphatic heterocycles. The van der Waals surface area contributed by atoms with Crippen LogP contribution in [0.2, 0.25) is 0 Å². The van der Waals surface area contributed by atoms with Gasteiger partial charge in [0.15, 0.2) is 9.84 Å². The molecule has 0 heterocycles. The SMILES string of the molecule is COc1ccc(S(=O)(=O)C2c3ccccc3-c3ccccc32)cc1. The van der Waals surface area contributed by atoms with Crippen molar-refractivity contribution in [3.05, 3.63) is 83.9 Å². The van der Waals surface area contributed by atoms with Crippen LogP contribution in [0.1, 0.15) is 16.4 Å². The molecule has 3 nitrogen and oxygen atoms in total. The molecule has 0 radical (unpaired) electrons. The zero-order valence-corrected chi connectivity index (χ0v) is 14.0. The molecule has 4 rings (SSSR count). The van der Waals surface area contributed by atoms with Gasteiger partial charge in [0, 0.05) is 0 Å². The zero-order valence-electron chi connectivity index (χ0n) is 13.1. The van der Waals surface area contributed by atoms with Crippen molar-refractivity contribution in [2.24, 2.45) is 0 Å². The summed E-state index contributed by atoms with van der Waals surface area (Å²) in [6, 6.07) is 22.0. The summed E-state index contributed by atoms with van der Waals surface area (Å²) in [6.07, 6.45) is 0. The Labute approximate surface area is 141 Å². The van der Waals surface area contributed by atoms with Crippen LogP contribution in [0.5, 0.6) is 5.75 Å². The average Bonchev–Trinajstić information content (AvgIpc) is 2.97. The fraction of sp³-hybridized carbons (Fsp3) is 0.100. The number of methoxy groups -OCH3 is 1. The van der Waals surface area contributed by atoms with Gasteiger partial charge in [0.2, 0.25) is 0 Å². The van der Waals surface area contributed by atoms with Gasteiger partial charge in [-0.1, -0.05) is 48.5 Å². The van der Waals surface area contributed by atoms with E-state index in [9.17, 15) is 8.42 Å². The van der Waals surface area contributed by atoms with Gasteiger partial charge in [0.25, 0.3) is 0 Å². The van der Waals surface area contributed by atoms with E-state index in [1.165, 1.54) is 0 Å². The summed E-state index contributed by atoms with van der Waals surface area (Å²) >= 11 is 0. The van der Waals surface area contributed by atoms with Gasteiger partial charge in [-0.3, -0.25) is 0 Å². The largest absolute Gasteiger partial charge is 0.497 e. The van der Waals surface area contributed by atoms with Crippen molar-refractivity contribution in [3.63, 3.8) is 0 Å². The standard InChI is InChI=1S/C20H16O3S/c1-23-14-10-12-15(13-11-14)24(21,22)20-18-8-4-2-6-16(18)17-7-3-5-9-19(17)20/h2-13,20H,1H3. The van der Waals surface area contributed by atoms with E-state index in [0.717, 1.165) is 22.3 Å². The number of hydrogen-bond donors (Lipinski definition) is 0. The number of ether oxygens (including phenoxy) is 1. The first-order chi connectivity index (χ1) is 11.6. The molecule has 0 N–H and O–H groups in total. The Hall–Kier alpha value is -2.59. The molecule has 0 amide bonds. The molecule has 0 aromatic heterocycles. The van der Waals surface area contributed by atoms with Crippen LogP contribution in [0.15, 0.2) is 77.7 Å². The van der Waals surface area contributed by atoms with E-state index in [-0.39, 0.29) is 0 Å². The van der Waals surface area contributed by atoms with Crippen LogP contribution in [0.3, 0.4) is 0 Å². The van der Waals surface area contributed by atoms with E-state index in [1.807, 2.05) is 48.5 Å². The minimum atomic E-state index is -3.55. The van der Waals surface area contributed by atoms with Crippen molar-refractivity contribution in [3.8, 4) is 16.9 Å². The highest BCUT2D eigenvalue weighted by Gasteiger charge is 2.38. The van der Waals surface area contributed by atoms with Crippen molar-refractivity contribution in [2.75, 3.05) is 7.11 Å². The first kappa shape index (κ1) is 15.0. The third-order valence-electron chi connectivity index (χ3n) is 4.47. The minimum Gasteiger partial charge on any atom is -0.497 e. The fourth-order valence-electron chi connectivity index (χ4n) is 3.35. The van der Waals surface area contributed by atoms with Crippen molar-refractivity contribution < 1.29 is 13.2 Å². The Morgan fingerprint density at radius 1 is 0.750 bits per heavy atom. The molecule has 0 unspecified atom stereocenters. The first-order valence-corrected chi connectivity index (χ1v) is 9.24. The molecule has 1 aliphatic rings.